The van der Waals surface area contributed by atoms with E-state index < -0.39 is 0 Å². The highest BCUT2D eigenvalue weighted by molar-refractivity contribution is 5.75. The van der Waals surface area contributed by atoms with Gasteiger partial charge in [0.1, 0.15) is 0 Å². The van der Waals surface area contributed by atoms with Gasteiger partial charge in [-0.1, -0.05) is 24.3 Å². The predicted molar refractivity (Wildman–Crippen MR) is 86.7 cm³/mol. The molecular weight excluding hydrogens is 276 g/mol. The number of aliphatic hydroxyl groups is 1. The number of aryl methyl sites for hydroxylation is 1. The van der Waals surface area contributed by atoms with Gasteiger partial charge in [-0.2, -0.15) is 0 Å². The first-order valence-corrected chi connectivity index (χ1v) is 8.52. The summed E-state index contributed by atoms with van der Waals surface area (Å²) in [5, 5.41) is 12.2. The molecule has 0 radical (unpaired) electrons. The number of hydrogen-bond donors (Lipinski definition) is 2. The second kappa shape index (κ2) is 7.14. The van der Waals surface area contributed by atoms with Gasteiger partial charge >= 0.3 is 6.03 Å². The number of rotatable bonds is 6. The van der Waals surface area contributed by atoms with Gasteiger partial charge in [-0.25, -0.2) is 4.79 Å². The normalized spacial score (nSPS) is 20.3. The zero-order valence-corrected chi connectivity index (χ0v) is 13.1. The van der Waals surface area contributed by atoms with Gasteiger partial charge in [0.25, 0.3) is 0 Å². The summed E-state index contributed by atoms with van der Waals surface area (Å²) in [4.78, 5) is 14.6. The average Bonchev–Trinajstić information content (AvgIpc) is 3.38. The molecule has 0 heterocycles. The van der Waals surface area contributed by atoms with E-state index in [9.17, 15) is 4.79 Å². The number of carbonyl (C=O) groups is 1. The summed E-state index contributed by atoms with van der Waals surface area (Å²) >= 11 is 0. The first kappa shape index (κ1) is 15.3. The monoisotopic (exact) mass is 302 g/mol. The standard InChI is InChI=1S/C18H26N2O2/c21-12-4-11-20(18(22)19-13-14-9-10-14)17-8-3-6-15-5-1-2-7-16(15)17/h1-2,5,7,14,17,21H,3-4,6,8-13H2,(H,19,22). The van der Waals surface area contributed by atoms with Crippen LogP contribution in [0.15, 0.2) is 24.3 Å². The van der Waals surface area contributed by atoms with E-state index in [-0.39, 0.29) is 18.7 Å². The molecule has 2 N–H and O–H groups in total. The SMILES string of the molecule is O=C(NCC1CC1)N(CCCO)C1CCCc2ccccc21. The first-order valence-electron chi connectivity index (χ1n) is 8.52. The van der Waals surface area contributed by atoms with E-state index in [2.05, 4.69) is 29.6 Å². The second-order valence-corrected chi connectivity index (χ2v) is 6.51. The van der Waals surface area contributed by atoms with Gasteiger partial charge < -0.3 is 15.3 Å². The zero-order chi connectivity index (χ0) is 15.4. The molecule has 1 atom stereocenters. The van der Waals surface area contributed by atoms with Crippen LogP contribution in [0.2, 0.25) is 0 Å². The van der Waals surface area contributed by atoms with Crippen molar-refractivity contribution in [1.82, 2.24) is 10.2 Å². The molecule has 0 spiro atoms. The third-order valence-corrected chi connectivity index (χ3v) is 4.77. The van der Waals surface area contributed by atoms with Crippen LogP contribution in [0.3, 0.4) is 0 Å². The Morgan fingerprint density at radius 1 is 1.27 bits per heavy atom. The lowest BCUT2D eigenvalue weighted by atomic mass is 9.87. The average molecular weight is 302 g/mol. The Balaban J connectivity index is 1.74. The molecule has 22 heavy (non-hydrogen) atoms. The van der Waals surface area contributed by atoms with E-state index >= 15 is 0 Å². The van der Waals surface area contributed by atoms with Gasteiger partial charge in [-0.05, 0) is 55.6 Å². The van der Waals surface area contributed by atoms with Crippen molar-refractivity contribution in [3.05, 3.63) is 35.4 Å². The van der Waals surface area contributed by atoms with Gasteiger partial charge in [0.05, 0.1) is 6.04 Å². The van der Waals surface area contributed by atoms with Gasteiger partial charge in [-0.15, -0.1) is 0 Å². The highest BCUT2D eigenvalue weighted by Crippen LogP contribution is 2.34. The van der Waals surface area contributed by atoms with E-state index in [4.69, 9.17) is 5.11 Å². The van der Waals surface area contributed by atoms with Crippen LogP contribution in [-0.2, 0) is 6.42 Å². The third-order valence-electron chi connectivity index (χ3n) is 4.77. The summed E-state index contributed by atoms with van der Waals surface area (Å²) in [6.45, 7) is 1.54. The van der Waals surface area contributed by atoms with Gasteiger partial charge in [-0.3, -0.25) is 0 Å². The summed E-state index contributed by atoms with van der Waals surface area (Å²) < 4.78 is 0. The molecule has 4 nitrogen and oxygen atoms in total. The van der Waals surface area contributed by atoms with Crippen molar-refractivity contribution in [3.63, 3.8) is 0 Å². The Morgan fingerprint density at radius 2 is 2.09 bits per heavy atom. The first-order chi connectivity index (χ1) is 10.8. The Labute approximate surface area is 132 Å². The minimum atomic E-state index is 0.0297. The quantitative estimate of drug-likeness (QED) is 0.849. The number of nitrogens with one attached hydrogen (secondary N) is 1. The summed E-state index contributed by atoms with van der Waals surface area (Å²) in [5.41, 5.74) is 2.65. The fourth-order valence-corrected chi connectivity index (χ4v) is 3.35. The minimum Gasteiger partial charge on any atom is -0.396 e. The van der Waals surface area contributed by atoms with Crippen LogP contribution in [0.5, 0.6) is 0 Å². The highest BCUT2D eigenvalue weighted by Gasteiger charge is 2.30. The van der Waals surface area contributed by atoms with E-state index in [1.807, 2.05) is 4.90 Å². The van der Waals surface area contributed by atoms with Crippen LogP contribution < -0.4 is 5.32 Å². The summed E-state index contributed by atoms with van der Waals surface area (Å²) in [6, 6.07) is 8.64. The molecule has 1 saturated carbocycles. The number of amides is 2. The third kappa shape index (κ3) is 3.61. The Morgan fingerprint density at radius 3 is 2.86 bits per heavy atom. The van der Waals surface area contributed by atoms with Crippen LogP contribution in [0, 0.1) is 5.92 Å². The molecule has 120 valence electrons. The molecule has 1 unspecified atom stereocenters. The molecule has 0 saturated heterocycles. The maximum atomic E-state index is 12.6. The lowest BCUT2D eigenvalue weighted by molar-refractivity contribution is 0.157. The van der Waals surface area contributed by atoms with Gasteiger partial charge in [0, 0.05) is 19.7 Å². The van der Waals surface area contributed by atoms with Crippen LogP contribution >= 0.6 is 0 Å². The van der Waals surface area contributed by atoms with E-state index in [1.165, 1.54) is 24.0 Å². The van der Waals surface area contributed by atoms with E-state index in [1.54, 1.807) is 0 Å². The van der Waals surface area contributed by atoms with Crippen LogP contribution in [0.4, 0.5) is 4.79 Å². The van der Waals surface area contributed by atoms with Crippen molar-refractivity contribution in [3.8, 4) is 0 Å². The topological polar surface area (TPSA) is 52.6 Å². The fourth-order valence-electron chi connectivity index (χ4n) is 3.35. The number of carbonyl (C=O) groups excluding carboxylic acids is 1. The van der Waals surface area contributed by atoms with Crippen LogP contribution in [0.25, 0.3) is 0 Å². The van der Waals surface area contributed by atoms with Crippen molar-refractivity contribution in [2.75, 3.05) is 19.7 Å². The fraction of sp³-hybridized carbons (Fsp3) is 0.611. The van der Waals surface area contributed by atoms with Crippen molar-refractivity contribution < 1.29 is 9.90 Å². The molecule has 1 fully saturated rings. The maximum absolute atomic E-state index is 12.6. The lowest BCUT2D eigenvalue weighted by Crippen LogP contribution is -2.44. The summed E-state index contributed by atoms with van der Waals surface area (Å²) in [7, 11) is 0. The van der Waals surface area contributed by atoms with E-state index in [0.717, 1.165) is 25.8 Å². The minimum absolute atomic E-state index is 0.0297. The number of benzene rings is 1. The van der Waals surface area contributed by atoms with Crippen molar-refractivity contribution in [2.24, 2.45) is 5.92 Å². The van der Waals surface area contributed by atoms with Crippen LogP contribution in [0.1, 0.15) is 49.3 Å². The van der Waals surface area contributed by atoms with Crippen molar-refractivity contribution in [1.29, 1.82) is 0 Å². The van der Waals surface area contributed by atoms with Gasteiger partial charge in [0.2, 0.25) is 0 Å². The molecular formula is C18H26N2O2. The van der Waals surface area contributed by atoms with Crippen molar-refractivity contribution >= 4 is 6.03 Å². The summed E-state index contributed by atoms with van der Waals surface area (Å²) in [5.74, 6) is 0.683. The molecule has 2 aliphatic rings. The largest absolute Gasteiger partial charge is 0.396 e. The highest BCUT2D eigenvalue weighted by atomic mass is 16.3. The molecule has 1 aromatic rings. The summed E-state index contributed by atoms with van der Waals surface area (Å²) in [6.07, 6.45) is 6.35. The molecule has 1 aromatic carbocycles. The zero-order valence-electron chi connectivity index (χ0n) is 13.1. The Bertz CT molecular complexity index is 514. The number of nitrogens with zero attached hydrogens (tertiary/aromatic N) is 1. The smallest absolute Gasteiger partial charge is 0.317 e. The van der Waals surface area contributed by atoms with Crippen molar-refractivity contribution in [2.45, 2.75) is 44.6 Å². The predicted octanol–water partition coefficient (Wildman–Crippen LogP) is 2.87. The molecule has 2 amide bonds. The maximum Gasteiger partial charge on any atom is 0.317 e. The Hall–Kier alpha value is -1.55. The lowest BCUT2D eigenvalue weighted by Gasteiger charge is -2.36. The molecule has 0 aliphatic heterocycles. The molecule has 0 aromatic heterocycles. The molecule has 4 heteroatoms. The molecule has 0 bridgehead atoms. The number of urea groups is 1. The number of fused-ring (bicyclic) bond motifs is 1. The Kier molecular flexibility index (Phi) is 4.98. The molecule has 2 aliphatic carbocycles. The second-order valence-electron chi connectivity index (χ2n) is 6.51. The van der Waals surface area contributed by atoms with E-state index in [0.29, 0.717) is 18.9 Å². The van der Waals surface area contributed by atoms with Gasteiger partial charge in [0.15, 0.2) is 0 Å². The molecule has 3 rings (SSSR count). The number of hydrogen-bond acceptors (Lipinski definition) is 2. The van der Waals surface area contributed by atoms with Crippen LogP contribution in [-0.4, -0.2) is 35.7 Å². The number of aliphatic hydroxyl groups excluding tert-OH is 1.